The molecule has 11 heteroatoms. The zero-order valence-electron chi connectivity index (χ0n) is 27.5. The lowest BCUT2D eigenvalue weighted by Crippen LogP contribution is -2.21. The quantitative estimate of drug-likeness (QED) is 0.186. The number of halogens is 3. The molecule has 1 amide bonds. The van der Waals surface area contributed by atoms with Gasteiger partial charge in [-0.2, -0.15) is 0 Å². The van der Waals surface area contributed by atoms with Crippen LogP contribution in [0, 0.1) is 37.4 Å². The molecule has 44 heavy (non-hydrogen) atoms. The molecular weight excluding hydrogens is 651 g/mol. The van der Waals surface area contributed by atoms with Gasteiger partial charge in [0.15, 0.2) is 17.3 Å². The van der Waals surface area contributed by atoms with Crippen molar-refractivity contribution in [3.8, 4) is 11.5 Å². The van der Waals surface area contributed by atoms with Crippen molar-refractivity contribution in [2.75, 3.05) is 45.8 Å². The maximum absolute atomic E-state index is 14.7. The number of aryl methyl sites for hydroxylation is 2. The molecule has 3 atom stereocenters. The molecule has 3 rings (SSSR count). The Morgan fingerprint density at radius 2 is 1.84 bits per heavy atom. The first-order valence-corrected chi connectivity index (χ1v) is 16.2. The number of anilines is 2. The van der Waals surface area contributed by atoms with Gasteiger partial charge in [0.2, 0.25) is 6.41 Å². The first-order valence-electron chi connectivity index (χ1n) is 15.0. The van der Waals surface area contributed by atoms with Crippen molar-refractivity contribution < 1.29 is 23.4 Å². The number of carbonyl (C=O) groups is 1. The maximum atomic E-state index is 14.7. The molecule has 0 spiro atoms. The van der Waals surface area contributed by atoms with Crippen molar-refractivity contribution in [3.05, 3.63) is 57.2 Å². The van der Waals surface area contributed by atoms with Gasteiger partial charge < -0.3 is 24.4 Å². The Morgan fingerprint density at radius 1 is 1.16 bits per heavy atom. The molecule has 2 aromatic rings. The number of carbonyl (C=O) groups excluding carboxylic acids is 1. The van der Waals surface area contributed by atoms with Gasteiger partial charge in [-0.1, -0.05) is 45.7 Å². The van der Waals surface area contributed by atoms with Crippen molar-refractivity contribution in [2.24, 2.45) is 17.8 Å². The Hall–Kier alpha value is -2.69. The van der Waals surface area contributed by atoms with Gasteiger partial charge in [-0.25, -0.2) is 14.4 Å². The van der Waals surface area contributed by atoms with Crippen LogP contribution in [-0.2, 0) is 9.53 Å². The Kier molecular flexibility index (Phi) is 18.9. The molecule has 1 fully saturated rings. The van der Waals surface area contributed by atoms with E-state index in [0.29, 0.717) is 57.4 Å². The van der Waals surface area contributed by atoms with Crippen LogP contribution in [0.25, 0.3) is 0 Å². The Morgan fingerprint density at radius 3 is 2.41 bits per heavy atom. The van der Waals surface area contributed by atoms with Crippen LogP contribution in [0.1, 0.15) is 58.7 Å². The van der Waals surface area contributed by atoms with Crippen LogP contribution in [0.2, 0.25) is 5.02 Å². The molecule has 1 unspecified atom stereocenters. The topological polar surface area (TPSA) is 85.8 Å². The van der Waals surface area contributed by atoms with Crippen LogP contribution in [0.3, 0.4) is 0 Å². The third kappa shape index (κ3) is 12.4. The van der Waals surface area contributed by atoms with Gasteiger partial charge >= 0.3 is 0 Å². The first kappa shape index (κ1) is 39.3. The molecule has 0 saturated carbocycles. The van der Waals surface area contributed by atoms with Crippen molar-refractivity contribution >= 4 is 45.4 Å². The van der Waals surface area contributed by atoms with E-state index in [4.69, 9.17) is 21.1 Å². The number of ether oxygens (including phenoxy) is 3. The highest BCUT2D eigenvalue weighted by Crippen LogP contribution is 2.34. The third-order valence-corrected chi connectivity index (χ3v) is 8.44. The van der Waals surface area contributed by atoms with E-state index in [9.17, 15) is 9.18 Å². The van der Waals surface area contributed by atoms with Crippen LogP contribution in [-0.4, -0.2) is 61.8 Å². The number of rotatable bonds is 11. The number of benzene rings is 1. The van der Waals surface area contributed by atoms with E-state index in [-0.39, 0.29) is 10.7 Å². The lowest BCUT2D eigenvalue weighted by atomic mass is 9.87. The molecule has 0 radical (unpaired) electrons. The summed E-state index contributed by atoms with van der Waals surface area (Å²) in [6, 6.07) is 6.85. The van der Waals surface area contributed by atoms with E-state index in [1.807, 2.05) is 45.6 Å². The summed E-state index contributed by atoms with van der Waals surface area (Å²) in [6.07, 6.45) is 4.29. The Balaban J connectivity index is 0.00000149. The average molecular weight is 700 g/mol. The van der Waals surface area contributed by atoms with E-state index in [1.54, 1.807) is 32.4 Å². The van der Waals surface area contributed by atoms with Gasteiger partial charge in [-0.15, -0.1) is 0 Å². The second kappa shape index (κ2) is 21.1. The predicted octanol–water partition coefficient (Wildman–Crippen LogP) is 8.72. The van der Waals surface area contributed by atoms with Gasteiger partial charge in [0.25, 0.3) is 0 Å². The predicted molar refractivity (Wildman–Crippen MR) is 181 cm³/mol. The highest BCUT2D eigenvalue weighted by molar-refractivity contribution is 9.10. The zero-order chi connectivity index (χ0) is 33.2. The molecule has 1 aliphatic rings. The van der Waals surface area contributed by atoms with Gasteiger partial charge in [0.05, 0.1) is 24.4 Å². The van der Waals surface area contributed by atoms with Crippen molar-refractivity contribution in [1.82, 2.24) is 14.9 Å². The van der Waals surface area contributed by atoms with E-state index in [0.717, 1.165) is 38.9 Å². The molecule has 1 saturated heterocycles. The minimum atomic E-state index is -0.591. The molecule has 1 aliphatic heterocycles. The highest BCUT2D eigenvalue weighted by Gasteiger charge is 2.30. The van der Waals surface area contributed by atoms with Crippen molar-refractivity contribution in [1.29, 1.82) is 0 Å². The minimum Gasteiger partial charge on any atom is -0.493 e. The summed E-state index contributed by atoms with van der Waals surface area (Å²) in [7, 11) is 3.25. The number of aromatic nitrogens is 2. The first-order chi connectivity index (χ1) is 21.1. The standard InChI is InChI=1S/C28H35BrClFN4O3.C3H8O.C2H6/c1-6-20(11-21-13-35(16-36)12-18(21)3)14-38-25-10-19(4)32-15-33-28(17(2)9-24(25)37-5)34-23-8-7-22(29)26(30)27(23)31;1-3-4-2;1-2/h7-10,15-16,18,20-21H,6,11-14H2,1-5H3,(H,32,33,34);3H2,1-2H3;1-2H3/t18-,20?,21+;;/m1../s1. The molecule has 1 N–H and O–H groups in total. The molecule has 1 aromatic carbocycles. The van der Waals surface area contributed by atoms with E-state index < -0.39 is 5.82 Å². The summed E-state index contributed by atoms with van der Waals surface area (Å²) in [5, 5.41) is 2.99. The fourth-order valence-corrected chi connectivity index (χ4v) is 4.99. The summed E-state index contributed by atoms with van der Waals surface area (Å²) < 4.78 is 31.8. The molecule has 0 aliphatic carbocycles. The summed E-state index contributed by atoms with van der Waals surface area (Å²) in [5.41, 5.74) is 1.53. The fraction of sp³-hybridized carbons (Fsp3) is 0.545. The second-order valence-corrected chi connectivity index (χ2v) is 11.5. The molecule has 246 valence electrons. The number of nitrogens with one attached hydrogen (secondary N) is 1. The number of amides is 1. The lowest BCUT2D eigenvalue weighted by molar-refractivity contribution is -0.117. The van der Waals surface area contributed by atoms with E-state index in [2.05, 4.69) is 49.8 Å². The Labute approximate surface area is 276 Å². The number of likely N-dealkylation sites (tertiary alicyclic amines) is 1. The van der Waals surface area contributed by atoms with Crippen LogP contribution < -0.4 is 14.8 Å². The van der Waals surface area contributed by atoms with Gasteiger partial charge in [0, 0.05) is 43.0 Å². The SMILES string of the molecule is CC.CCC(COc1cc(C)ncnc(Nc2ccc(Br)c(Cl)c2F)c(C)cc1OC)C[C@H]1CN(C=O)C[C@H]1C.CCOC. The zero-order valence-corrected chi connectivity index (χ0v) is 29.9. The van der Waals surface area contributed by atoms with Crippen LogP contribution in [0.4, 0.5) is 15.9 Å². The largest absolute Gasteiger partial charge is 0.493 e. The summed E-state index contributed by atoms with van der Waals surface area (Å²) in [5.74, 6) is 2.08. The Bertz CT molecular complexity index is 1240. The van der Waals surface area contributed by atoms with Gasteiger partial charge in [-0.3, -0.25) is 4.79 Å². The fourth-order valence-electron chi connectivity index (χ4n) is 4.52. The maximum Gasteiger partial charge on any atom is 0.209 e. The number of nitrogens with zero attached hydrogens (tertiary/aromatic N) is 3. The lowest BCUT2D eigenvalue weighted by Gasteiger charge is -2.22. The molecule has 0 bridgehead atoms. The van der Waals surface area contributed by atoms with Gasteiger partial charge in [0.1, 0.15) is 12.1 Å². The van der Waals surface area contributed by atoms with Crippen molar-refractivity contribution in [2.45, 2.75) is 61.3 Å². The van der Waals surface area contributed by atoms with Crippen molar-refractivity contribution in [3.63, 3.8) is 0 Å². The normalized spacial score (nSPS) is 16.0. The van der Waals surface area contributed by atoms with E-state index in [1.165, 1.54) is 6.33 Å². The van der Waals surface area contributed by atoms with Gasteiger partial charge in [-0.05, 0) is 84.6 Å². The highest BCUT2D eigenvalue weighted by atomic mass is 79.9. The molecule has 2 heterocycles. The molecule has 8 nitrogen and oxygen atoms in total. The summed E-state index contributed by atoms with van der Waals surface area (Å²) >= 11 is 9.29. The second-order valence-electron chi connectivity index (χ2n) is 10.3. The number of hydrogen-bond acceptors (Lipinski definition) is 7. The van der Waals surface area contributed by atoms with E-state index >= 15 is 0 Å². The van der Waals surface area contributed by atoms with Crippen LogP contribution in [0.5, 0.6) is 11.5 Å². The average Bonchev–Trinajstić information content (AvgIpc) is 3.40. The number of methoxy groups -OCH3 is 2. The molecular formula is C33H49BrClFN4O4. The molecule has 1 aromatic heterocycles. The minimum absolute atomic E-state index is 0.0194. The number of hydrogen-bond donors (Lipinski definition) is 1. The monoisotopic (exact) mass is 698 g/mol. The summed E-state index contributed by atoms with van der Waals surface area (Å²) in [6.45, 7) is 16.9. The van der Waals surface area contributed by atoms with Crippen LogP contribution in [0.15, 0.2) is 35.1 Å². The summed E-state index contributed by atoms with van der Waals surface area (Å²) in [4.78, 5) is 21.9. The third-order valence-electron chi connectivity index (χ3n) is 7.18. The smallest absolute Gasteiger partial charge is 0.209 e. The van der Waals surface area contributed by atoms with Crippen LogP contribution >= 0.6 is 27.5 Å².